The number of rotatable bonds is 7. The van der Waals surface area contributed by atoms with E-state index in [1.54, 1.807) is 18.2 Å². The molecule has 32 heavy (non-hydrogen) atoms. The summed E-state index contributed by atoms with van der Waals surface area (Å²) >= 11 is 11.9. The molecule has 172 valence electrons. The number of benzene rings is 2. The predicted octanol–water partition coefficient (Wildman–Crippen LogP) is 5.54. The average molecular weight is 489 g/mol. The van der Waals surface area contributed by atoms with E-state index in [2.05, 4.69) is 10.5 Å². The maximum atomic E-state index is 14.1. The fourth-order valence-electron chi connectivity index (χ4n) is 3.40. The number of ether oxygens (including phenoxy) is 1. The van der Waals surface area contributed by atoms with Crippen molar-refractivity contribution in [1.82, 2.24) is 5.32 Å². The average Bonchev–Trinajstić information content (AvgIpc) is 3.17. The first-order chi connectivity index (χ1) is 15.1. The Bertz CT molecular complexity index is 1020. The van der Waals surface area contributed by atoms with Crippen molar-refractivity contribution < 1.29 is 27.5 Å². The largest absolute Gasteiger partial charge is 0.435 e. The van der Waals surface area contributed by atoms with Crippen LogP contribution in [0.1, 0.15) is 35.1 Å². The standard InChI is InChI=1S/C22H21Cl2F3N2O3/c1-13-7-14(3-4-15(13)12-28-20(30)5-6-31-2)19-11-21(32-29-19,22(25,26)27)16-8-17(23)10-18(24)9-16/h3-4,7-10H,5-6,11-12H2,1-2H3,(H,28,30). The van der Waals surface area contributed by atoms with E-state index in [1.165, 1.54) is 25.3 Å². The number of methoxy groups -OCH3 is 1. The van der Waals surface area contributed by atoms with Gasteiger partial charge in [0, 0.05) is 42.1 Å². The number of carbonyl (C=O) groups is 1. The van der Waals surface area contributed by atoms with Gasteiger partial charge in [0.25, 0.3) is 5.60 Å². The van der Waals surface area contributed by atoms with E-state index in [4.69, 9.17) is 32.8 Å². The van der Waals surface area contributed by atoms with Gasteiger partial charge in [0.05, 0.1) is 12.3 Å². The molecule has 1 N–H and O–H groups in total. The Morgan fingerprint density at radius 3 is 2.50 bits per heavy atom. The molecule has 1 aliphatic rings. The Morgan fingerprint density at radius 2 is 1.91 bits per heavy atom. The van der Waals surface area contributed by atoms with Crippen LogP contribution in [0.2, 0.25) is 10.0 Å². The number of alkyl halides is 3. The Balaban J connectivity index is 1.81. The van der Waals surface area contributed by atoms with Crippen molar-refractivity contribution >= 4 is 34.8 Å². The van der Waals surface area contributed by atoms with Crippen molar-refractivity contribution in [3.05, 3.63) is 68.7 Å². The van der Waals surface area contributed by atoms with Gasteiger partial charge in [0.2, 0.25) is 5.91 Å². The topological polar surface area (TPSA) is 59.9 Å². The molecule has 1 heterocycles. The molecule has 0 saturated carbocycles. The fourth-order valence-corrected chi connectivity index (χ4v) is 3.92. The van der Waals surface area contributed by atoms with Gasteiger partial charge in [-0.1, -0.05) is 40.5 Å². The molecule has 0 saturated heterocycles. The van der Waals surface area contributed by atoms with E-state index in [9.17, 15) is 18.0 Å². The number of oxime groups is 1. The SMILES string of the molecule is COCCC(=O)NCc1ccc(C2=NOC(c3cc(Cl)cc(Cl)c3)(C(F)(F)F)C2)cc1C. The number of nitrogens with one attached hydrogen (secondary N) is 1. The highest BCUT2D eigenvalue weighted by molar-refractivity contribution is 6.34. The highest BCUT2D eigenvalue weighted by Crippen LogP contribution is 2.49. The van der Waals surface area contributed by atoms with Gasteiger partial charge in [-0.25, -0.2) is 0 Å². The van der Waals surface area contributed by atoms with Crippen LogP contribution in [0.5, 0.6) is 0 Å². The second-order valence-corrected chi connectivity index (χ2v) is 8.32. The number of hydrogen-bond donors (Lipinski definition) is 1. The van der Waals surface area contributed by atoms with Gasteiger partial charge in [-0.15, -0.1) is 0 Å². The minimum absolute atomic E-state index is 0.0703. The maximum Gasteiger partial charge on any atom is 0.435 e. The second kappa shape index (κ2) is 9.68. The number of carbonyl (C=O) groups excluding carboxylic acids is 1. The minimum Gasteiger partial charge on any atom is -0.384 e. The number of aryl methyl sites for hydroxylation is 1. The monoisotopic (exact) mass is 488 g/mol. The molecule has 0 fully saturated rings. The van der Waals surface area contributed by atoms with Crippen LogP contribution in [0.15, 0.2) is 41.6 Å². The number of amides is 1. The Hall–Kier alpha value is -2.29. The van der Waals surface area contributed by atoms with Gasteiger partial charge >= 0.3 is 6.18 Å². The molecule has 1 amide bonds. The molecule has 0 aromatic heterocycles. The van der Waals surface area contributed by atoms with Gasteiger partial charge in [-0.05, 0) is 47.9 Å². The van der Waals surface area contributed by atoms with Crippen LogP contribution in [0.25, 0.3) is 0 Å². The number of nitrogens with zero attached hydrogens (tertiary/aromatic N) is 1. The fraction of sp³-hybridized carbons (Fsp3) is 0.364. The van der Waals surface area contributed by atoms with Crippen LogP contribution in [-0.2, 0) is 26.5 Å². The normalized spacial score (nSPS) is 18.3. The van der Waals surface area contributed by atoms with E-state index in [0.717, 1.165) is 11.1 Å². The lowest BCUT2D eigenvalue weighted by Crippen LogP contribution is -2.42. The highest BCUT2D eigenvalue weighted by atomic mass is 35.5. The zero-order valence-electron chi connectivity index (χ0n) is 17.4. The molecule has 0 bridgehead atoms. The third kappa shape index (κ3) is 5.19. The molecule has 3 rings (SSSR count). The molecular formula is C22H21Cl2F3N2O3. The van der Waals surface area contributed by atoms with Crippen molar-refractivity contribution in [1.29, 1.82) is 0 Å². The summed E-state index contributed by atoms with van der Waals surface area (Å²) in [5.41, 5.74) is -0.615. The molecule has 0 radical (unpaired) electrons. The molecule has 2 aromatic rings. The van der Waals surface area contributed by atoms with Crippen LogP contribution in [0.4, 0.5) is 13.2 Å². The Kier molecular flexibility index (Phi) is 7.37. The first-order valence-corrected chi connectivity index (χ1v) is 10.5. The quantitative estimate of drug-likeness (QED) is 0.556. The predicted molar refractivity (Wildman–Crippen MR) is 116 cm³/mol. The third-order valence-corrected chi connectivity index (χ3v) is 5.64. The van der Waals surface area contributed by atoms with E-state index < -0.39 is 18.2 Å². The molecule has 1 atom stereocenters. The molecule has 5 nitrogen and oxygen atoms in total. The van der Waals surface area contributed by atoms with Crippen LogP contribution >= 0.6 is 23.2 Å². The Morgan fingerprint density at radius 1 is 1.22 bits per heavy atom. The lowest BCUT2D eigenvalue weighted by Gasteiger charge is -2.29. The smallest absolute Gasteiger partial charge is 0.384 e. The van der Waals surface area contributed by atoms with Crippen LogP contribution < -0.4 is 5.32 Å². The summed E-state index contributed by atoms with van der Waals surface area (Å²) < 4.78 is 47.3. The van der Waals surface area contributed by atoms with Gasteiger partial charge < -0.3 is 14.9 Å². The molecule has 0 spiro atoms. The summed E-state index contributed by atoms with van der Waals surface area (Å²) in [5, 5.41) is 6.69. The first-order valence-electron chi connectivity index (χ1n) is 9.69. The lowest BCUT2D eigenvalue weighted by molar-refractivity contribution is -0.275. The third-order valence-electron chi connectivity index (χ3n) is 5.20. The molecule has 1 unspecified atom stereocenters. The van der Waals surface area contributed by atoms with E-state index in [0.29, 0.717) is 18.7 Å². The van der Waals surface area contributed by atoms with Crippen LogP contribution in [-0.4, -0.2) is 31.5 Å². The zero-order chi connectivity index (χ0) is 23.5. The summed E-state index contributed by atoms with van der Waals surface area (Å²) in [6, 6.07) is 8.83. The van der Waals surface area contributed by atoms with Crippen molar-refractivity contribution in [2.45, 2.75) is 38.1 Å². The van der Waals surface area contributed by atoms with Crippen molar-refractivity contribution in [3.63, 3.8) is 0 Å². The van der Waals surface area contributed by atoms with Gasteiger partial charge in [-0.2, -0.15) is 13.2 Å². The molecule has 10 heteroatoms. The van der Waals surface area contributed by atoms with E-state index >= 15 is 0 Å². The Labute approximate surface area is 193 Å². The van der Waals surface area contributed by atoms with Crippen LogP contribution in [0.3, 0.4) is 0 Å². The number of halogens is 5. The molecular weight excluding hydrogens is 468 g/mol. The molecule has 2 aromatic carbocycles. The van der Waals surface area contributed by atoms with E-state index in [1.807, 2.05) is 6.92 Å². The number of hydrogen-bond acceptors (Lipinski definition) is 4. The molecule has 1 aliphatic heterocycles. The second-order valence-electron chi connectivity index (χ2n) is 7.45. The van der Waals surface area contributed by atoms with Crippen molar-refractivity contribution in [2.75, 3.05) is 13.7 Å². The van der Waals surface area contributed by atoms with Gasteiger partial charge in [0.15, 0.2) is 0 Å². The lowest BCUT2D eigenvalue weighted by atomic mass is 9.86. The molecule has 0 aliphatic carbocycles. The van der Waals surface area contributed by atoms with Gasteiger partial charge in [-0.3, -0.25) is 4.79 Å². The highest BCUT2D eigenvalue weighted by Gasteiger charge is 2.62. The summed E-state index contributed by atoms with van der Waals surface area (Å²) in [6.07, 6.45) is -5.04. The summed E-state index contributed by atoms with van der Waals surface area (Å²) in [5.74, 6) is -0.154. The van der Waals surface area contributed by atoms with Crippen LogP contribution in [0, 0.1) is 6.92 Å². The maximum absolute atomic E-state index is 14.1. The minimum atomic E-state index is -4.76. The first kappa shape index (κ1) is 24.4. The summed E-state index contributed by atoms with van der Waals surface area (Å²) in [6.45, 7) is 2.43. The zero-order valence-corrected chi connectivity index (χ0v) is 18.9. The van der Waals surface area contributed by atoms with Crippen molar-refractivity contribution in [3.8, 4) is 0 Å². The van der Waals surface area contributed by atoms with E-state index in [-0.39, 0.29) is 33.6 Å². The summed E-state index contributed by atoms with van der Waals surface area (Å²) in [4.78, 5) is 16.8. The van der Waals surface area contributed by atoms with Crippen molar-refractivity contribution in [2.24, 2.45) is 5.16 Å². The summed E-state index contributed by atoms with van der Waals surface area (Å²) in [7, 11) is 1.51. The van der Waals surface area contributed by atoms with Gasteiger partial charge in [0.1, 0.15) is 0 Å².